The summed E-state index contributed by atoms with van der Waals surface area (Å²) < 4.78 is 1.99. The number of aromatic nitrogens is 7. The van der Waals surface area contributed by atoms with Crippen LogP contribution in [0.5, 0.6) is 0 Å². The Kier molecular flexibility index (Phi) is 6.52. The summed E-state index contributed by atoms with van der Waals surface area (Å²) in [5, 5.41) is 19.6. The Labute approximate surface area is 205 Å². The van der Waals surface area contributed by atoms with Gasteiger partial charge in [-0.25, -0.2) is 4.98 Å². The molecule has 0 spiro atoms. The summed E-state index contributed by atoms with van der Waals surface area (Å²) in [6, 6.07) is 18.8. The van der Waals surface area contributed by atoms with E-state index in [1.54, 1.807) is 0 Å². The number of fused-ring (bicyclic) bond motifs is 1. The molecule has 0 bridgehead atoms. The minimum Gasteiger partial charge on any atom is -0.357 e. The highest BCUT2D eigenvalue weighted by Crippen LogP contribution is 2.33. The summed E-state index contributed by atoms with van der Waals surface area (Å²) in [5.41, 5.74) is 7.57. The van der Waals surface area contributed by atoms with E-state index in [0.717, 1.165) is 66.2 Å². The van der Waals surface area contributed by atoms with E-state index < -0.39 is 0 Å². The maximum atomic E-state index is 5.00. The van der Waals surface area contributed by atoms with Crippen LogP contribution in [0.15, 0.2) is 60.8 Å². The molecule has 8 nitrogen and oxygen atoms in total. The van der Waals surface area contributed by atoms with Crippen molar-refractivity contribution in [3.8, 4) is 22.5 Å². The molecule has 0 fully saturated rings. The van der Waals surface area contributed by atoms with Crippen LogP contribution in [0.2, 0.25) is 0 Å². The number of hydrogen-bond acceptors (Lipinski definition) is 6. The number of nitrogens with zero attached hydrogens (tertiary/aromatic N) is 7. The fourth-order valence-electron chi connectivity index (χ4n) is 4.72. The largest absolute Gasteiger partial charge is 0.357 e. The normalized spacial score (nSPS) is 11.3. The van der Waals surface area contributed by atoms with Crippen LogP contribution in [0.25, 0.3) is 28.2 Å². The smallest absolute Gasteiger partial charge is 0.205 e. The van der Waals surface area contributed by atoms with Gasteiger partial charge in [0.1, 0.15) is 5.82 Å². The maximum Gasteiger partial charge on any atom is 0.205 e. The molecule has 3 heterocycles. The quantitative estimate of drug-likeness (QED) is 0.330. The van der Waals surface area contributed by atoms with Crippen LogP contribution in [-0.2, 0) is 12.8 Å². The first kappa shape index (κ1) is 22.7. The molecular weight excluding hydrogens is 436 g/mol. The van der Waals surface area contributed by atoms with Crippen molar-refractivity contribution >= 4 is 11.5 Å². The van der Waals surface area contributed by atoms with Crippen molar-refractivity contribution in [3.05, 3.63) is 77.6 Å². The Morgan fingerprint density at radius 3 is 2.49 bits per heavy atom. The van der Waals surface area contributed by atoms with Crippen molar-refractivity contribution in [1.29, 1.82) is 0 Å². The predicted octanol–water partition coefficient (Wildman–Crippen LogP) is 4.97. The summed E-state index contributed by atoms with van der Waals surface area (Å²) in [5.74, 6) is 1.71. The highest BCUT2D eigenvalue weighted by molar-refractivity contribution is 5.81. The number of aryl methyl sites for hydroxylation is 1. The third kappa shape index (κ3) is 4.39. The Hall–Kier alpha value is -4.07. The van der Waals surface area contributed by atoms with Crippen molar-refractivity contribution in [2.75, 3.05) is 18.0 Å². The van der Waals surface area contributed by atoms with Gasteiger partial charge in [0.15, 0.2) is 5.65 Å². The minimum atomic E-state index is 0.587. The fourth-order valence-corrected chi connectivity index (χ4v) is 4.72. The molecule has 0 aliphatic heterocycles. The van der Waals surface area contributed by atoms with Gasteiger partial charge >= 0.3 is 0 Å². The van der Waals surface area contributed by atoms with E-state index in [2.05, 4.69) is 81.7 Å². The first-order valence-electron chi connectivity index (χ1n) is 12.3. The number of hydrogen-bond donors (Lipinski definition) is 1. The molecule has 8 heteroatoms. The van der Waals surface area contributed by atoms with E-state index >= 15 is 0 Å². The molecule has 0 saturated carbocycles. The molecule has 2 aromatic carbocycles. The number of benzene rings is 2. The molecule has 1 N–H and O–H groups in total. The molecule has 0 unspecified atom stereocenters. The lowest BCUT2D eigenvalue weighted by atomic mass is 9.94. The van der Waals surface area contributed by atoms with Crippen molar-refractivity contribution in [2.45, 2.75) is 40.0 Å². The van der Waals surface area contributed by atoms with Gasteiger partial charge in [-0.15, -0.1) is 10.2 Å². The van der Waals surface area contributed by atoms with E-state index in [0.29, 0.717) is 5.82 Å². The van der Waals surface area contributed by atoms with Gasteiger partial charge in [-0.1, -0.05) is 55.8 Å². The summed E-state index contributed by atoms with van der Waals surface area (Å²) in [7, 11) is 0. The number of aromatic amines is 1. The molecular formula is C27H30N8. The minimum absolute atomic E-state index is 0.587. The zero-order chi connectivity index (χ0) is 24.2. The summed E-state index contributed by atoms with van der Waals surface area (Å²) in [6.45, 7) is 8.37. The second-order valence-corrected chi connectivity index (χ2v) is 8.54. The lowest BCUT2D eigenvalue weighted by Crippen LogP contribution is -2.27. The number of tetrazole rings is 1. The van der Waals surface area contributed by atoms with E-state index in [1.807, 2.05) is 35.0 Å². The van der Waals surface area contributed by atoms with Crippen molar-refractivity contribution in [3.63, 3.8) is 0 Å². The van der Waals surface area contributed by atoms with Gasteiger partial charge < -0.3 is 4.90 Å². The van der Waals surface area contributed by atoms with Gasteiger partial charge in [0.2, 0.25) is 5.82 Å². The zero-order valence-electron chi connectivity index (χ0n) is 20.4. The number of H-pyrrole nitrogens is 1. The molecule has 0 atom stereocenters. The summed E-state index contributed by atoms with van der Waals surface area (Å²) in [6.07, 6.45) is 4.52. The molecule has 5 aromatic rings. The van der Waals surface area contributed by atoms with E-state index in [1.165, 1.54) is 11.1 Å². The predicted molar refractivity (Wildman–Crippen MR) is 138 cm³/mol. The third-order valence-electron chi connectivity index (χ3n) is 6.38. The average Bonchev–Trinajstić information content (AvgIpc) is 3.59. The Balaban J connectivity index is 1.66. The van der Waals surface area contributed by atoms with Gasteiger partial charge in [0.05, 0.1) is 11.9 Å². The molecule has 178 valence electrons. The van der Waals surface area contributed by atoms with Gasteiger partial charge in [0.25, 0.3) is 0 Å². The molecule has 0 aliphatic rings. The van der Waals surface area contributed by atoms with Crippen molar-refractivity contribution in [2.24, 2.45) is 0 Å². The first-order valence-corrected chi connectivity index (χ1v) is 12.3. The standard InChI is InChI=1S/C27H30N8/c1-4-10-24-23(27(34(5-2)6-3)35-25(29-24)15-16-28-35)18-19-13-14-21(20-11-8-7-9-12-20)22(17-19)26-30-32-33-31-26/h7-9,11-17H,4-6,10,18H2,1-3H3,(H,30,31,32,33). The summed E-state index contributed by atoms with van der Waals surface area (Å²) in [4.78, 5) is 7.37. The van der Waals surface area contributed by atoms with Crippen LogP contribution in [0.4, 0.5) is 5.82 Å². The van der Waals surface area contributed by atoms with Crippen molar-refractivity contribution < 1.29 is 0 Å². The molecule has 0 saturated heterocycles. The van der Waals surface area contributed by atoms with Crippen LogP contribution in [-0.4, -0.2) is 48.3 Å². The molecule has 0 amide bonds. The maximum absolute atomic E-state index is 5.00. The van der Waals surface area contributed by atoms with E-state index in [-0.39, 0.29) is 0 Å². The monoisotopic (exact) mass is 466 g/mol. The second-order valence-electron chi connectivity index (χ2n) is 8.54. The van der Waals surface area contributed by atoms with E-state index in [4.69, 9.17) is 4.98 Å². The van der Waals surface area contributed by atoms with Crippen LogP contribution in [0, 0.1) is 0 Å². The SMILES string of the molecule is CCCc1nc2ccnn2c(N(CC)CC)c1Cc1ccc(-c2ccccc2)c(-c2nn[nH]n2)c1. The van der Waals surface area contributed by atoms with Crippen LogP contribution < -0.4 is 4.90 Å². The van der Waals surface area contributed by atoms with Crippen molar-refractivity contribution in [1.82, 2.24) is 35.2 Å². The molecule has 3 aromatic heterocycles. The molecule has 35 heavy (non-hydrogen) atoms. The zero-order valence-corrected chi connectivity index (χ0v) is 20.4. The topological polar surface area (TPSA) is 87.9 Å². The lowest BCUT2D eigenvalue weighted by molar-refractivity contribution is 0.768. The highest BCUT2D eigenvalue weighted by atomic mass is 15.5. The second kappa shape index (κ2) is 10.0. The fraction of sp³-hybridized carbons (Fsp3) is 0.296. The third-order valence-corrected chi connectivity index (χ3v) is 6.38. The van der Waals surface area contributed by atoms with E-state index in [9.17, 15) is 0 Å². The number of nitrogens with one attached hydrogen (secondary N) is 1. The average molecular weight is 467 g/mol. The number of rotatable bonds is 9. The summed E-state index contributed by atoms with van der Waals surface area (Å²) >= 11 is 0. The van der Waals surface area contributed by atoms with Crippen LogP contribution >= 0.6 is 0 Å². The van der Waals surface area contributed by atoms with Crippen LogP contribution in [0.3, 0.4) is 0 Å². The highest BCUT2D eigenvalue weighted by Gasteiger charge is 2.21. The van der Waals surface area contributed by atoms with Gasteiger partial charge in [-0.05, 0) is 48.2 Å². The van der Waals surface area contributed by atoms with Gasteiger partial charge in [-0.3, -0.25) is 0 Å². The first-order chi connectivity index (χ1) is 17.2. The Morgan fingerprint density at radius 2 is 1.77 bits per heavy atom. The molecule has 0 radical (unpaired) electrons. The number of anilines is 1. The molecule has 0 aliphatic carbocycles. The van der Waals surface area contributed by atoms with Gasteiger partial charge in [0, 0.05) is 36.7 Å². The molecule has 5 rings (SSSR count). The lowest BCUT2D eigenvalue weighted by Gasteiger charge is -2.26. The Bertz CT molecular complexity index is 1400. The van der Waals surface area contributed by atoms with Gasteiger partial charge in [-0.2, -0.15) is 14.8 Å². The van der Waals surface area contributed by atoms with Crippen LogP contribution in [0.1, 0.15) is 44.0 Å². The Morgan fingerprint density at radius 1 is 0.943 bits per heavy atom.